The van der Waals surface area contributed by atoms with Crippen LogP contribution in [0, 0.1) is 0 Å². The molecule has 0 bridgehead atoms. The molecule has 1 saturated heterocycles. The predicted octanol–water partition coefficient (Wildman–Crippen LogP) is 4.34. The summed E-state index contributed by atoms with van der Waals surface area (Å²) >= 11 is 11.8. The van der Waals surface area contributed by atoms with Crippen LogP contribution < -0.4 is 0 Å². The lowest BCUT2D eigenvalue weighted by Gasteiger charge is -2.23. The number of nitrogens with zero attached hydrogens (tertiary/aromatic N) is 1. The fraction of sp³-hybridized carbons (Fsp3) is 0.444. The Labute approximate surface area is 152 Å². The first-order valence-electron chi connectivity index (χ1n) is 8.10. The maximum absolute atomic E-state index is 12.3. The largest absolute Gasteiger partial charge is 0.449 e. The zero-order valence-corrected chi connectivity index (χ0v) is 15.1. The third kappa shape index (κ3) is 5.53. The Morgan fingerprint density at radius 3 is 2.42 bits per heavy atom. The molecule has 0 N–H and O–H groups in total. The molecule has 1 heterocycles. The van der Waals surface area contributed by atoms with Crippen LogP contribution in [0.2, 0.25) is 10.0 Å². The number of hydrogen-bond donors (Lipinski definition) is 0. The van der Waals surface area contributed by atoms with Crippen molar-refractivity contribution in [2.75, 3.05) is 13.1 Å². The fourth-order valence-corrected chi connectivity index (χ4v) is 2.90. The summed E-state index contributed by atoms with van der Waals surface area (Å²) in [5, 5.41) is 0.866. The lowest BCUT2D eigenvalue weighted by atomic mass is 10.2. The summed E-state index contributed by atoms with van der Waals surface area (Å²) in [5.41, 5.74) is 0.729. The number of rotatable bonds is 4. The van der Waals surface area contributed by atoms with Gasteiger partial charge in [0.2, 0.25) is 0 Å². The van der Waals surface area contributed by atoms with Crippen molar-refractivity contribution in [1.29, 1.82) is 0 Å². The Bertz CT molecular complexity index is 623. The van der Waals surface area contributed by atoms with Crippen molar-refractivity contribution in [3.8, 4) is 0 Å². The van der Waals surface area contributed by atoms with E-state index >= 15 is 0 Å². The average molecular weight is 370 g/mol. The molecule has 0 aromatic heterocycles. The van der Waals surface area contributed by atoms with Crippen LogP contribution in [0.5, 0.6) is 0 Å². The number of ether oxygens (including phenoxy) is 1. The normalized spacial score (nSPS) is 16.7. The van der Waals surface area contributed by atoms with Crippen molar-refractivity contribution in [2.45, 2.75) is 38.7 Å². The van der Waals surface area contributed by atoms with E-state index in [0.29, 0.717) is 10.0 Å². The summed E-state index contributed by atoms with van der Waals surface area (Å²) < 4.78 is 5.21. The summed E-state index contributed by atoms with van der Waals surface area (Å²) in [6.45, 7) is 3.08. The number of hydrogen-bond acceptors (Lipinski definition) is 3. The van der Waals surface area contributed by atoms with E-state index in [1.54, 1.807) is 36.1 Å². The first kappa shape index (κ1) is 18.8. The third-order valence-electron chi connectivity index (χ3n) is 3.91. The third-order valence-corrected chi connectivity index (χ3v) is 4.65. The highest BCUT2D eigenvalue weighted by atomic mass is 35.5. The molecule has 1 unspecified atom stereocenters. The van der Waals surface area contributed by atoms with E-state index in [2.05, 4.69) is 0 Å². The van der Waals surface area contributed by atoms with Gasteiger partial charge in [0, 0.05) is 19.2 Å². The summed E-state index contributed by atoms with van der Waals surface area (Å²) in [7, 11) is 0. The van der Waals surface area contributed by atoms with Gasteiger partial charge in [-0.25, -0.2) is 4.79 Å². The van der Waals surface area contributed by atoms with Gasteiger partial charge in [-0.2, -0.15) is 0 Å². The molecule has 1 aliphatic rings. The number of amides is 1. The lowest BCUT2D eigenvalue weighted by molar-refractivity contribution is -0.155. The molecule has 4 nitrogen and oxygen atoms in total. The molecular formula is C18H21Cl2NO3. The summed E-state index contributed by atoms with van der Waals surface area (Å²) in [6, 6.07) is 5.05. The van der Waals surface area contributed by atoms with Crippen molar-refractivity contribution in [3.63, 3.8) is 0 Å². The minimum Gasteiger partial charge on any atom is -0.449 e. The zero-order chi connectivity index (χ0) is 17.5. The van der Waals surface area contributed by atoms with E-state index in [1.807, 2.05) is 0 Å². The molecule has 24 heavy (non-hydrogen) atoms. The van der Waals surface area contributed by atoms with Crippen LogP contribution >= 0.6 is 23.2 Å². The molecule has 6 heteroatoms. The van der Waals surface area contributed by atoms with Crippen molar-refractivity contribution in [3.05, 3.63) is 39.9 Å². The average Bonchev–Trinajstić information content (AvgIpc) is 2.84. The second-order valence-electron chi connectivity index (χ2n) is 5.83. The van der Waals surface area contributed by atoms with Crippen molar-refractivity contribution in [1.82, 2.24) is 4.90 Å². The number of benzene rings is 1. The molecule has 1 aromatic carbocycles. The van der Waals surface area contributed by atoms with Gasteiger partial charge in [0.05, 0.1) is 10.0 Å². The number of likely N-dealkylation sites (tertiary alicyclic amines) is 1. The van der Waals surface area contributed by atoms with Crippen LogP contribution in [0.25, 0.3) is 6.08 Å². The molecule has 130 valence electrons. The number of carbonyl (C=O) groups is 2. The minimum atomic E-state index is -0.783. The van der Waals surface area contributed by atoms with E-state index in [-0.39, 0.29) is 5.91 Å². The van der Waals surface area contributed by atoms with Gasteiger partial charge in [-0.15, -0.1) is 0 Å². The Kier molecular flexibility index (Phi) is 7.13. The van der Waals surface area contributed by atoms with E-state index in [0.717, 1.165) is 44.3 Å². The van der Waals surface area contributed by atoms with Gasteiger partial charge >= 0.3 is 5.97 Å². The van der Waals surface area contributed by atoms with Crippen LogP contribution in [-0.2, 0) is 14.3 Å². The van der Waals surface area contributed by atoms with Crippen LogP contribution in [-0.4, -0.2) is 36.0 Å². The standard InChI is InChI=1S/C18H21Cl2NO3/c1-13(18(23)21-10-4-2-3-5-11-21)24-17(22)9-7-14-6-8-15(19)16(20)12-14/h6-9,12-13H,2-5,10-11H2,1H3/b9-7+. The Morgan fingerprint density at radius 1 is 1.12 bits per heavy atom. The molecule has 0 spiro atoms. The zero-order valence-electron chi connectivity index (χ0n) is 13.6. The van der Waals surface area contributed by atoms with E-state index in [1.165, 1.54) is 6.08 Å². The van der Waals surface area contributed by atoms with Crippen LogP contribution in [0.3, 0.4) is 0 Å². The fourth-order valence-electron chi connectivity index (χ4n) is 2.59. The van der Waals surface area contributed by atoms with Gasteiger partial charge in [-0.05, 0) is 43.5 Å². The van der Waals surface area contributed by atoms with Gasteiger partial charge in [0.25, 0.3) is 5.91 Å². The van der Waals surface area contributed by atoms with Gasteiger partial charge in [-0.1, -0.05) is 42.1 Å². The molecule has 1 aliphatic heterocycles. The maximum Gasteiger partial charge on any atom is 0.331 e. The van der Waals surface area contributed by atoms with Crippen LogP contribution in [0.15, 0.2) is 24.3 Å². The number of halogens is 2. The molecule has 2 rings (SSSR count). The van der Waals surface area contributed by atoms with Gasteiger partial charge in [0.1, 0.15) is 0 Å². The van der Waals surface area contributed by atoms with Gasteiger partial charge in [-0.3, -0.25) is 4.79 Å². The van der Waals surface area contributed by atoms with Gasteiger partial charge < -0.3 is 9.64 Å². The summed E-state index contributed by atoms with van der Waals surface area (Å²) in [6.07, 6.45) is 6.37. The summed E-state index contributed by atoms with van der Waals surface area (Å²) in [5.74, 6) is -0.690. The first-order valence-corrected chi connectivity index (χ1v) is 8.85. The minimum absolute atomic E-state index is 0.131. The second kappa shape index (κ2) is 9.09. The van der Waals surface area contributed by atoms with Crippen LogP contribution in [0.4, 0.5) is 0 Å². The first-order chi connectivity index (χ1) is 11.5. The maximum atomic E-state index is 12.3. The highest BCUT2D eigenvalue weighted by Gasteiger charge is 2.23. The quantitative estimate of drug-likeness (QED) is 0.585. The highest BCUT2D eigenvalue weighted by molar-refractivity contribution is 6.42. The molecule has 1 fully saturated rings. The van der Waals surface area contributed by atoms with Crippen molar-refractivity contribution < 1.29 is 14.3 Å². The highest BCUT2D eigenvalue weighted by Crippen LogP contribution is 2.23. The molecule has 1 atom stereocenters. The van der Waals surface area contributed by atoms with Crippen LogP contribution in [0.1, 0.15) is 38.2 Å². The Morgan fingerprint density at radius 2 is 1.79 bits per heavy atom. The number of esters is 1. The Balaban J connectivity index is 1.89. The SMILES string of the molecule is CC(OC(=O)/C=C/c1ccc(Cl)c(Cl)c1)C(=O)N1CCCCCC1. The lowest BCUT2D eigenvalue weighted by Crippen LogP contribution is -2.40. The molecule has 1 aromatic rings. The topological polar surface area (TPSA) is 46.6 Å². The number of carbonyl (C=O) groups excluding carboxylic acids is 2. The second-order valence-corrected chi connectivity index (χ2v) is 6.64. The van der Waals surface area contributed by atoms with E-state index in [4.69, 9.17) is 27.9 Å². The van der Waals surface area contributed by atoms with E-state index in [9.17, 15) is 9.59 Å². The monoisotopic (exact) mass is 369 g/mol. The molecule has 0 radical (unpaired) electrons. The molecule has 0 saturated carbocycles. The predicted molar refractivity (Wildman–Crippen MR) is 96.1 cm³/mol. The van der Waals surface area contributed by atoms with Gasteiger partial charge in [0.15, 0.2) is 6.10 Å². The van der Waals surface area contributed by atoms with Crippen molar-refractivity contribution >= 4 is 41.2 Å². The molecule has 1 amide bonds. The Hall–Kier alpha value is -1.52. The van der Waals surface area contributed by atoms with Crippen molar-refractivity contribution in [2.24, 2.45) is 0 Å². The smallest absolute Gasteiger partial charge is 0.331 e. The summed E-state index contributed by atoms with van der Waals surface area (Å²) in [4.78, 5) is 26.0. The van der Waals surface area contributed by atoms with E-state index < -0.39 is 12.1 Å². The molecular weight excluding hydrogens is 349 g/mol. The molecule has 0 aliphatic carbocycles.